The maximum atomic E-state index is 13.0. The number of hydrogen-bond acceptors (Lipinski definition) is 2. The van der Waals surface area contributed by atoms with E-state index >= 15 is 0 Å². The van der Waals surface area contributed by atoms with Gasteiger partial charge in [0.15, 0.2) is 0 Å². The minimum absolute atomic E-state index is 0.177. The van der Waals surface area contributed by atoms with Crippen molar-refractivity contribution in [3.8, 4) is 0 Å². The Labute approximate surface area is 108 Å². The van der Waals surface area contributed by atoms with Crippen LogP contribution in [0.15, 0.2) is 18.5 Å². The molecule has 3 nitrogen and oxygen atoms in total. The third-order valence-corrected chi connectivity index (χ3v) is 4.24. The summed E-state index contributed by atoms with van der Waals surface area (Å²) in [6, 6.07) is 1.21. The van der Waals surface area contributed by atoms with Crippen LogP contribution in [0.2, 0.25) is 0 Å². The van der Waals surface area contributed by atoms with Crippen molar-refractivity contribution in [1.29, 1.82) is 0 Å². The first-order valence-corrected chi connectivity index (χ1v) is 6.76. The quantitative estimate of drug-likeness (QED) is 0.872. The fourth-order valence-corrected chi connectivity index (χ4v) is 2.89. The Hall–Kier alpha value is -0.970. The zero-order chi connectivity index (χ0) is 12.3. The van der Waals surface area contributed by atoms with Crippen molar-refractivity contribution in [2.45, 2.75) is 31.2 Å². The topological polar surface area (TPSA) is 42.0 Å². The molecule has 0 saturated heterocycles. The highest BCUT2D eigenvalue weighted by Gasteiger charge is 2.34. The number of aromatic nitrogens is 1. The maximum absolute atomic E-state index is 13.0. The molecule has 1 heterocycles. The average molecular weight is 301 g/mol. The fourth-order valence-electron chi connectivity index (χ4n) is 2.19. The number of rotatable bonds is 3. The second-order valence-corrected chi connectivity index (χ2v) is 5.03. The minimum Gasteiger partial charge on any atom is -0.346 e. The Bertz CT molecular complexity index is 419. The number of carbonyl (C=O) groups is 1. The summed E-state index contributed by atoms with van der Waals surface area (Å²) in [7, 11) is 0. The number of alkyl halides is 1. The predicted octanol–water partition coefficient (Wildman–Crippen LogP) is 2.66. The van der Waals surface area contributed by atoms with Gasteiger partial charge in [-0.2, -0.15) is 0 Å². The zero-order valence-corrected chi connectivity index (χ0v) is 11.0. The lowest BCUT2D eigenvalue weighted by Crippen LogP contribution is -2.47. The fraction of sp³-hybridized carbons (Fsp3) is 0.500. The van der Waals surface area contributed by atoms with Crippen LogP contribution in [0, 0.1) is 5.82 Å². The summed E-state index contributed by atoms with van der Waals surface area (Å²) < 4.78 is 13.0. The van der Waals surface area contributed by atoms with Gasteiger partial charge in [0.25, 0.3) is 5.91 Å². The molecule has 5 heteroatoms. The van der Waals surface area contributed by atoms with Crippen LogP contribution in [0.5, 0.6) is 0 Å². The van der Waals surface area contributed by atoms with Crippen LogP contribution in [0.4, 0.5) is 4.39 Å². The van der Waals surface area contributed by atoms with Crippen LogP contribution in [-0.4, -0.2) is 21.8 Å². The van der Waals surface area contributed by atoms with Gasteiger partial charge in [0.05, 0.1) is 17.3 Å². The molecule has 2 rings (SSSR count). The van der Waals surface area contributed by atoms with Gasteiger partial charge in [-0.05, 0) is 18.9 Å². The van der Waals surface area contributed by atoms with E-state index in [-0.39, 0.29) is 17.0 Å². The van der Waals surface area contributed by atoms with Gasteiger partial charge in [-0.1, -0.05) is 28.8 Å². The van der Waals surface area contributed by atoms with E-state index in [9.17, 15) is 9.18 Å². The molecular formula is C12H14BrFN2O. The van der Waals surface area contributed by atoms with Crippen LogP contribution < -0.4 is 5.32 Å². The predicted molar refractivity (Wildman–Crippen MR) is 66.7 cm³/mol. The van der Waals surface area contributed by atoms with Crippen molar-refractivity contribution >= 4 is 21.8 Å². The van der Waals surface area contributed by atoms with Crippen LogP contribution in [0.3, 0.4) is 0 Å². The monoisotopic (exact) mass is 300 g/mol. The molecule has 1 aliphatic rings. The summed E-state index contributed by atoms with van der Waals surface area (Å²) >= 11 is 3.44. The maximum Gasteiger partial charge on any atom is 0.253 e. The molecule has 0 bridgehead atoms. The lowest BCUT2D eigenvalue weighted by Gasteiger charge is -2.28. The molecule has 1 aliphatic carbocycles. The Morgan fingerprint density at radius 3 is 2.76 bits per heavy atom. The Morgan fingerprint density at radius 1 is 1.47 bits per heavy atom. The van der Waals surface area contributed by atoms with Gasteiger partial charge in [-0.25, -0.2) is 4.39 Å². The van der Waals surface area contributed by atoms with E-state index in [1.807, 2.05) is 0 Å². The van der Waals surface area contributed by atoms with Crippen LogP contribution in [0.25, 0.3) is 0 Å². The summed E-state index contributed by atoms with van der Waals surface area (Å²) in [6.07, 6.45) is 6.64. The van der Waals surface area contributed by atoms with Crippen molar-refractivity contribution in [2.75, 3.05) is 5.33 Å². The number of nitrogens with zero attached hydrogens (tertiary/aromatic N) is 1. The van der Waals surface area contributed by atoms with Gasteiger partial charge >= 0.3 is 0 Å². The molecule has 0 aliphatic heterocycles. The van der Waals surface area contributed by atoms with Crippen molar-refractivity contribution < 1.29 is 9.18 Å². The molecule has 0 aromatic carbocycles. The van der Waals surface area contributed by atoms with Crippen molar-refractivity contribution in [3.05, 3.63) is 29.8 Å². The Morgan fingerprint density at radius 2 is 2.18 bits per heavy atom. The van der Waals surface area contributed by atoms with Crippen LogP contribution >= 0.6 is 15.9 Å². The number of nitrogens with one attached hydrogen (secondary N) is 1. The lowest BCUT2D eigenvalue weighted by atomic mass is 10.00. The van der Waals surface area contributed by atoms with Crippen LogP contribution in [0.1, 0.15) is 36.0 Å². The van der Waals surface area contributed by atoms with E-state index in [1.165, 1.54) is 12.3 Å². The van der Waals surface area contributed by atoms with E-state index in [1.54, 1.807) is 0 Å². The number of pyridine rings is 1. The van der Waals surface area contributed by atoms with E-state index in [2.05, 4.69) is 26.2 Å². The first-order chi connectivity index (χ1) is 8.15. The molecule has 92 valence electrons. The standard InChI is InChI=1S/C12H14BrFN2O/c13-8-12(3-1-2-4-12)16-11(17)9-5-10(14)7-15-6-9/h5-7H,1-4,8H2,(H,16,17). The van der Waals surface area contributed by atoms with Gasteiger partial charge in [0, 0.05) is 11.5 Å². The molecule has 0 radical (unpaired) electrons. The van der Waals surface area contributed by atoms with Gasteiger partial charge in [-0.3, -0.25) is 9.78 Å². The minimum atomic E-state index is -0.489. The largest absolute Gasteiger partial charge is 0.346 e. The molecule has 1 fully saturated rings. The van der Waals surface area contributed by atoms with Gasteiger partial charge < -0.3 is 5.32 Å². The molecule has 1 amide bonds. The van der Waals surface area contributed by atoms with Crippen molar-refractivity contribution in [2.24, 2.45) is 0 Å². The summed E-state index contributed by atoms with van der Waals surface area (Å²) in [4.78, 5) is 15.7. The zero-order valence-electron chi connectivity index (χ0n) is 9.38. The van der Waals surface area contributed by atoms with E-state index < -0.39 is 5.82 Å². The molecule has 1 saturated carbocycles. The highest BCUT2D eigenvalue weighted by Crippen LogP contribution is 2.31. The first-order valence-electron chi connectivity index (χ1n) is 5.64. The normalized spacial score (nSPS) is 18.0. The lowest BCUT2D eigenvalue weighted by molar-refractivity contribution is 0.0909. The molecule has 0 atom stereocenters. The third-order valence-electron chi connectivity index (χ3n) is 3.16. The highest BCUT2D eigenvalue weighted by atomic mass is 79.9. The van der Waals surface area contributed by atoms with E-state index in [4.69, 9.17) is 0 Å². The van der Waals surface area contributed by atoms with Gasteiger partial charge in [-0.15, -0.1) is 0 Å². The summed E-state index contributed by atoms with van der Waals surface area (Å²) in [5.74, 6) is -0.740. The SMILES string of the molecule is O=C(NC1(CBr)CCCC1)c1cncc(F)c1. The molecular weight excluding hydrogens is 287 g/mol. The smallest absolute Gasteiger partial charge is 0.253 e. The average Bonchev–Trinajstić information content (AvgIpc) is 2.78. The van der Waals surface area contributed by atoms with Crippen molar-refractivity contribution in [3.63, 3.8) is 0 Å². The highest BCUT2D eigenvalue weighted by molar-refractivity contribution is 9.09. The molecule has 1 aromatic rings. The Kier molecular flexibility index (Phi) is 3.76. The molecule has 17 heavy (non-hydrogen) atoms. The number of amides is 1. The summed E-state index contributed by atoms with van der Waals surface area (Å²) in [5.41, 5.74) is 0.0980. The number of hydrogen-bond donors (Lipinski definition) is 1. The van der Waals surface area contributed by atoms with Gasteiger partial charge in [0.1, 0.15) is 5.82 Å². The summed E-state index contributed by atoms with van der Waals surface area (Å²) in [5, 5.41) is 3.72. The van der Waals surface area contributed by atoms with Gasteiger partial charge in [0.2, 0.25) is 0 Å². The second-order valence-electron chi connectivity index (χ2n) is 4.47. The molecule has 0 spiro atoms. The van der Waals surface area contributed by atoms with E-state index in [0.29, 0.717) is 0 Å². The molecule has 1 aromatic heterocycles. The van der Waals surface area contributed by atoms with Crippen LogP contribution in [-0.2, 0) is 0 Å². The number of halogens is 2. The first kappa shape index (κ1) is 12.5. The third kappa shape index (κ3) is 2.83. The van der Waals surface area contributed by atoms with E-state index in [0.717, 1.165) is 37.2 Å². The van der Waals surface area contributed by atoms with Crippen molar-refractivity contribution in [1.82, 2.24) is 10.3 Å². The molecule has 1 N–H and O–H groups in total. The summed E-state index contributed by atoms with van der Waals surface area (Å²) in [6.45, 7) is 0. The molecule has 0 unspecified atom stereocenters. The number of carbonyl (C=O) groups excluding carboxylic acids is 1. The Balaban J connectivity index is 2.11. The second kappa shape index (κ2) is 5.12.